The number of amides is 1. The molecule has 20 heavy (non-hydrogen) atoms. The monoisotopic (exact) mass is 340 g/mol. The van der Waals surface area contributed by atoms with E-state index in [9.17, 15) is 9.59 Å². The first-order chi connectivity index (χ1) is 9.54. The molecule has 1 N–H and O–H groups in total. The summed E-state index contributed by atoms with van der Waals surface area (Å²) in [5.74, 6) is -1.06. The predicted octanol–water partition coefficient (Wildman–Crippen LogP) is 1.03. The second-order valence-corrected chi connectivity index (χ2v) is 5.14. The van der Waals surface area contributed by atoms with Crippen LogP contribution >= 0.6 is 15.9 Å². The topological polar surface area (TPSA) is 101 Å². The lowest BCUT2D eigenvalue weighted by atomic mass is 10.1. The highest BCUT2D eigenvalue weighted by Crippen LogP contribution is 2.24. The molecule has 2 aromatic rings. The van der Waals surface area contributed by atoms with Crippen LogP contribution in [0.2, 0.25) is 0 Å². The number of carboxylic acids is 1. The number of aromatic carboxylic acids is 1. The van der Waals surface area contributed by atoms with Crippen molar-refractivity contribution < 1.29 is 19.1 Å². The molecule has 0 bridgehead atoms. The molecular weight excluding hydrogens is 332 g/mol. The van der Waals surface area contributed by atoms with Gasteiger partial charge in [0, 0.05) is 13.1 Å². The second kappa shape index (κ2) is 4.75. The molecule has 1 aliphatic heterocycles. The summed E-state index contributed by atoms with van der Waals surface area (Å²) in [6, 6.07) is 3.19. The van der Waals surface area contributed by atoms with Crippen LogP contribution in [-0.2, 0) is 0 Å². The summed E-state index contributed by atoms with van der Waals surface area (Å²) < 4.78 is 7.16. The molecule has 0 spiro atoms. The number of rotatable bonds is 3. The van der Waals surface area contributed by atoms with Crippen LogP contribution in [0.4, 0.5) is 0 Å². The van der Waals surface area contributed by atoms with Gasteiger partial charge in [-0.2, -0.15) is 0 Å². The Morgan fingerprint density at radius 1 is 1.40 bits per heavy atom. The molecule has 9 heteroatoms. The molecule has 0 radical (unpaired) electrons. The van der Waals surface area contributed by atoms with Crippen molar-refractivity contribution in [2.75, 3.05) is 13.1 Å². The fraction of sp³-hybridized carbons (Fsp3) is 0.273. The first-order valence-electron chi connectivity index (χ1n) is 5.74. The largest absolute Gasteiger partial charge is 0.476 e. The predicted molar refractivity (Wildman–Crippen MR) is 68.3 cm³/mol. The van der Waals surface area contributed by atoms with Crippen LogP contribution in [0.5, 0.6) is 0 Å². The smallest absolute Gasteiger partial charge is 0.358 e. The SMILES string of the molecule is O=C(O)c1cn(C2CN(C(=O)c3ccc(Br)o3)C2)nn1. The summed E-state index contributed by atoms with van der Waals surface area (Å²) in [5, 5.41) is 16.0. The maximum atomic E-state index is 12.0. The molecule has 0 aliphatic carbocycles. The van der Waals surface area contributed by atoms with Crippen LogP contribution in [-0.4, -0.2) is 50.0 Å². The molecule has 3 heterocycles. The summed E-state index contributed by atoms with van der Waals surface area (Å²) in [6.45, 7) is 0.888. The normalized spacial score (nSPS) is 15.2. The fourth-order valence-corrected chi connectivity index (χ4v) is 2.23. The van der Waals surface area contributed by atoms with E-state index in [-0.39, 0.29) is 23.4 Å². The van der Waals surface area contributed by atoms with Crippen LogP contribution in [0.15, 0.2) is 27.4 Å². The van der Waals surface area contributed by atoms with E-state index in [1.165, 1.54) is 10.9 Å². The summed E-state index contributed by atoms with van der Waals surface area (Å²) in [7, 11) is 0. The van der Waals surface area contributed by atoms with E-state index in [0.717, 1.165) is 0 Å². The molecule has 0 aromatic carbocycles. The Kier molecular flexibility index (Phi) is 3.05. The molecule has 8 nitrogen and oxygen atoms in total. The van der Waals surface area contributed by atoms with Gasteiger partial charge in [-0.3, -0.25) is 4.79 Å². The van der Waals surface area contributed by atoms with Crippen LogP contribution < -0.4 is 0 Å². The van der Waals surface area contributed by atoms with Crippen molar-refractivity contribution in [1.82, 2.24) is 19.9 Å². The van der Waals surface area contributed by atoms with Gasteiger partial charge >= 0.3 is 5.97 Å². The minimum absolute atomic E-state index is 0.0575. The average Bonchev–Trinajstić information content (AvgIpc) is 2.96. The highest BCUT2D eigenvalue weighted by Gasteiger charge is 2.34. The zero-order valence-electron chi connectivity index (χ0n) is 10.1. The van der Waals surface area contributed by atoms with Gasteiger partial charge in [0.15, 0.2) is 16.1 Å². The van der Waals surface area contributed by atoms with Gasteiger partial charge < -0.3 is 14.4 Å². The number of hydrogen-bond acceptors (Lipinski definition) is 5. The van der Waals surface area contributed by atoms with E-state index in [4.69, 9.17) is 9.52 Å². The second-order valence-electron chi connectivity index (χ2n) is 4.36. The number of furan rings is 1. The van der Waals surface area contributed by atoms with Crippen molar-refractivity contribution in [3.8, 4) is 0 Å². The molecule has 3 rings (SSSR count). The quantitative estimate of drug-likeness (QED) is 0.895. The van der Waals surface area contributed by atoms with Crippen LogP contribution in [0.25, 0.3) is 0 Å². The summed E-state index contributed by atoms with van der Waals surface area (Å²) in [6.07, 6.45) is 1.36. The number of halogens is 1. The van der Waals surface area contributed by atoms with E-state index >= 15 is 0 Å². The van der Waals surface area contributed by atoms with Gasteiger partial charge in [0.05, 0.1) is 12.2 Å². The van der Waals surface area contributed by atoms with E-state index in [1.54, 1.807) is 17.0 Å². The number of carboxylic acid groups (broad SMARTS) is 1. The van der Waals surface area contributed by atoms with Crippen molar-refractivity contribution in [3.63, 3.8) is 0 Å². The Hall–Kier alpha value is -2.16. The highest BCUT2D eigenvalue weighted by molar-refractivity contribution is 9.10. The van der Waals surface area contributed by atoms with E-state index in [2.05, 4.69) is 26.2 Å². The molecule has 0 unspecified atom stereocenters. The lowest BCUT2D eigenvalue weighted by Gasteiger charge is -2.38. The molecule has 1 fully saturated rings. The van der Waals surface area contributed by atoms with Gasteiger partial charge in [0.2, 0.25) is 0 Å². The number of aromatic nitrogens is 3. The highest BCUT2D eigenvalue weighted by atomic mass is 79.9. The molecular formula is C11H9BrN4O4. The van der Waals surface area contributed by atoms with Crippen molar-refractivity contribution in [2.45, 2.75) is 6.04 Å². The number of carbonyl (C=O) groups is 2. The van der Waals surface area contributed by atoms with Crippen LogP contribution in [0.3, 0.4) is 0 Å². The lowest BCUT2D eigenvalue weighted by molar-refractivity contribution is 0.0465. The minimum atomic E-state index is -1.12. The first kappa shape index (κ1) is 12.9. The van der Waals surface area contributed by atoms with Gasteiger partial charge in [-0.15, -0.1) is 5.10 Å². The lowest BCUT2D eigenvalue weighted by Crippen LogP contribution is -2.50. The van der Waals surface area contributed by atoms with Crippen molar-refractivity contribution in [1.29, 1.82) is 0 Å². The van der Waals surface area contributed by atoms with Crippen molar-refractivity contribution in [3.05, 3.63) is 34.5 Å². The van der Waals surface area contributed by atoms with Crippen LogP contribution in [0.1, 0.15) is 27.1 Å². The standard InChI is InChI=1S/C11H9BrN4O4/c12-9-2-1-8(20-9)10(17)15-3-6(4-15)16-5-7(11(18)19)13-14-16/h1-2,5-6H,3-4H2,(H,18,19). The molecule has 1 aliphatic rings. The molecule has 104 valence electrons. The van der Waals surface area contributed by atoms with Gasteiger partial charge in [0.1, 0.15) is 0 Å². The third-order valence-electron chi connectivity index (χ3n) is 3.04. The Morgan fingerprint density at radius 2 is 2.15 bits per heavy atom. The molecule has 1 saturated heterocycles. The third-order valence-corrected chi connectivity index (χ3v) is 3.46. The molecule has 0 atom stereocenters. The Balaban J connectivity index is 1.63. The molecule has 0 saturated carbocycles. The number of nitrogens with zero attached hydrogens (tertiary/aromatic N) is 4. The number of hydrogen-bond donors (Lipinski definition) is 1. The van der Waals surface area contributed by atoms with E-state index < -0.39 is 5.97 Å². The Labute approximate surface area is 121 Å². The van der Waals surface area contributed by atoms with Crippen molar-refractivity contribution >= 4 is 27.8 Å². The van der Waals surface area contributed by atoms with Gasteiger partial charge in [-0.25, -0.2) is 9.48 Å². The van der Waals surface area contributed by atoms with E-state index in [1.807, 2.05) is 0 Å². The average molecular weight is 341 g/mol. The maximum Gasteiger partial charge on any atom is 0.358 e. The zero-order chi connectivity index (χ0) is 14.3. The van der Waals surface area contributed by atoms with Gasteiger partial charge in [0.25, 0.3) is 5.91 Å². The Morgan fingerprint density at radius 3 is 2.70 bits per heavy atom. The minimum Gasteiger partial charge on any atom is -0.476 e. The van der Waals surface area contributed by atoms with Crippen LogP contribution in [0, 0.1) is 0 Å². The van der Waals surface area contributed by atoms with Gasteiger partial charge in [-0.05, 0) is 28.1 Å². The first-order valence-corrected chi connectivity index (χ1v) is 6.53. The Bertz CT molecular complexity index is 674. The van der Waals surface area contributed by atoms with E-state index in [0.29, 0.717) is 17.8 Å². The summed E-state index contributed by atoms with van der Waals surface area (Å²) in [4.78, 5) is 24.3. The molecule has 1 amide bonds. The summed E-state index contributed by atoms with van der Waals surface area (Å²) >= 11 is 3.14. The number of likely N-dealkylation sites (tertiary alicyclic amines) is 1. The van der Waals surface area contributed by atoms with Crippen molar-refractivity contribution in [2.24, 2.45) is 0 Å². The zero-order valence-corrected chi connectivity index (χ0v) is 11.6. The third kappa shape index (κ3) is 2.20. The molecule has 2 aromatic heterocycles. The summed E-state index contributed by atoms with van der Waals surface area (Å²) in [5.41, 5.74) is -0.107. The number of carbonyl (C=O) groups excluding carboxylic acids is 1. The fourth-order valence-electron chi connectivity index (χ4n) is 1.93. The van der Waals surface area contributed by atoms with Gasteiger partial charge in [-0.1, -0.05) is 5.21 Å². The maximum absolute atomic E-state index is 12.0.